The summed E-state index contributed by atoms with van der Waals surface area (Å²) in [6, 6.07) is 13.4. The third kappa shape index (κ3) is 3.60. The fourth-order valence-corrected chi connectivity index (χ4v) is 2.85. The van der Waals surface area contributed by atoms with Gasteiger partial charge in [-0.05, 0) is 36.4 Å². The van der Waals surface area contributed by atoms with Crippen LogP contribution in [0.1, 0.15) is 33.3 Å². The molecule has 134 valence electrons. The first-order chi connectivity index (χ1) is 12.6. The van der Waals surface area contributed by atoms with Gasteiger partial charge in [0.2, 0.25) is 5.91 Å². The highest BCUT2D eigenvalue weighted by Gasteiger charge is 2.33. The first-order valence-corrected chi connectivity index (χ1v) is 8.16. The molecule has 3 aromatic rings. The number of Topliss-reactive ketones (excluding diaryl/α,β-unsaturated/α-hetero) is 1. The summed E-state index contributed by atoms with van der Waals surface area (Å²) in [5.74, 6) is -0.836. The summed E-state index contributed by atoms with van der Waals surface area (Å²) in [6.45, 7) is 0. The van der Waals surface area contributed by atoms with Crippen molar-refractivity contribution in [2.75, 3.05) is 7.11 Å². The number of carbonyl (C=O) groups excluding carboxylic acids is 2. The lowest BCUT2D eigenvalue weighted by atomic mass is 9.89. The third-order valence-corrected chi connectivity index (χ3v) is 4.22. The summed E-state index contributed by atoms with van der Waals surface area (Å²) in [5, 5.41) is 10.7. The fraction of sp³-hybridized carbons (Fsp3) is 0.200. The van der Waals surface area contributed by atoms with Crippen LogP contribution in [0.25, 0.3) is 0 Å². The van der Waals surface area contributed by atoms with Gasteiger partial charge in [0.05, 0.1) is 24.9 Å². The number of hydrogen-bond acceptors (Lipinski definition) is 5. The van der Waals surface area contributed by atoms with E-state index in [1.807, 2.05) is 0 Å². The number of nitrogens with zero attached hydrogens (tertiary/aromatic N) is 1. The molecule has 0 amide bonds. The van der Waals surface area contributed by atoms with E-state index in [1.165, 1.54) is 17.9 Å². The average molecular weight is 353 g/mol. The van der Waals surface area contributed by atoms with Gasteiger partial charge in [0.1, 0.15) is 17.6 Å². The Morgan fingerprint density at radius 3 is 2.50 bits per heavy atom. The Morgan fingerprint density at radius 2 is 1.85 bits per heavy atom. The predicted molar refractivity (Wildman–Crippen MR) is 94.5 cm³/mol. The lowest BCUT2D eigenvalue weighted by Gasteiger charge is -2.20. The van der Waals surface area contributed by atoms with Crippen LogP contribution in [0.4, 0.5) is 0 Å². The van der Waals surface area contributed by atoms with Gasteiger partial charge in [-0.25, -0.2) is 0 Å². The molecule has 0 unspecified atom stereocenters. The standard InChI is InChI=1S/C20H19NO5/c1-25-16-8-3-2-7-14(16)19(23)20(24)15(17-9-6-12-26-17)13-18(22)21-10-4-5-11-21/h2-12,15,20,24H,13H2,1H3/t15-,20+/m0/s1. The van der Waals surface area contributed by atoms with E-state index < -0.39 is 17.8 Å². The van der Waals surface area contributed by atoms with E-state index in [2.05, 4.69) is 0 Å². The number of ether oxygens (including phenoxy) is 1. The van der Waals surface area contributed by atoms with Crippen molar-refractivity contribution in [1.29, 1.82) is 0 Å². The molecule has 0 saturated heterocycles. The number of para-hydroxylation sites is 1. The predicted octanol–water partition coefficient (Wildman–Crippen LogP) is 3.15. The molecule has 0 radical (unpaired) electrons. The maximum Gasteiger partial charge on any atom is 0.231 e. The van der Waals surface area contributed by atoms with Gasteiger partial charge in [0, 0.05) is 18.8 Å². The van der Waals surface area contributed by atoms with Crippen molar-refractivity contribution >= 4 is 11.7 Å². The second-order valence-electron chi connectivity index (χ2n) is 5.82. The quantitative estimate of drug-likeness (QED) is 0.660. The number of methoxy groups -OCH3 is 1. The number of aromatic nitrogens is 1. The van der Waals surface area contributed by atoms with Gasteiger partial charge >= 0.3 is 0 Å². The number of rotatable bonds is 7. The summed E-state index contributed by atoms with van der Waals surface area (Å²) in [4.78, 5) is 25.3. The monoisotopic (exact) mass is 353 g/mol. The van der Waals surface area contributed by atoms with Crippen LogP contribution in [0.3, 0.4) is 0 Å². The number of benzene rings is 1. The van der Waals surface area contributed by atoms with E-state index in [-0.39, 0.29) is 17.9 Å². The highest BCUT2D eigenvalue weighted by molar-refractivity contribution is 6.02. The molecule has 0 spiro atoms. The van der Waals surface area contributed by atoms with Crippen LogP contribution < -0.4 is 4.74 Å². The van der Waals surface area contributed by atoms with Gasteiger partial charge in [-0.2, -0.15) is 0 Å². The Balaban J connectivity index is 1.89. The molecule has 0 fully saturated rings. The van der Waals surface area contributed by atoms with Gasteiger partial charge in [-0.15, -0.1) is 0 Å². The van der Waals surface area contributed by atoms with E-state index in [4.69, 9.17) is 9.15 Å². The van der Waals surface area contributed by atoms with Crippen molar-refractivity contribution in [1.82, 2.24) is 4.57 Å². The number of hydrogen-bond donors (Lipinski definition) is 1. The minimum absolute atomic E-state index is 0.0791. The van der Waals surface area contributed by atoms with Crippen molar-refractivity contribution in [3.63, 3.8) is 0 Å². The Hall–Kier alpha value is -3.12. The molecule has 2 aromatic heterocycles. The highest BCUT2D eigenvalue weighted by Crippen LogP contribution is 2.29. The van der Waals surface area contributed by atoms with Crippen LogP contribution in [0.15, 0.2) is 71.6 Å². The average Bonchev–Trinajstić information content (AvgIpc) is 3.38. The van der Waals surface area contributed by atoms with Gasteiger partial charge < -0.3 is 14.3 Å². The summed E-state index contributed by atoms with van der Waals surface area (Å²) in [6.07, 6.45) is 3.16. The van der Waals surface area contributed by atoms with Gasteiger partial charge in [0.25, 0.3) is 0 Å². The zero-order valence-electron chi connectivity index (χ0n) is 14.2. The fourth-order valence-electron chi connectivity index (χ4n) is 2.85. The zero-order valence-corrected chi connectivity index (χ0v) is 14.2. The molecular weight excluding hydrogens is 334 g/mol. The van der Waals surface area contributed by atoms with Crippen LogP contribution in [0.5, 0.6) is 5.75 Å². The number of ketones is 1. The van der Waals surface area contributed by atoms with E-state index in [0.717, 1.165) is 0 Å². The lowest BCUT2D eigenvalue weighted by molar-refractivity contribution is 0.0628. The molecule has 0 aliphatic carbocycles. The second kappa shape index (κ2) is 7.84. The third-order valence-electron chi connectivity index (χ3n) is 4.22. The van der Waals surface area contributed by atoms with Gasteiger partial charge in [0.15, 0.2) is 5.78 Å². The molecule has 3 rings (SSSR count). The summed E-state index contributed by atoms with van der Waals surface area (Å²) < 4.78 is 12.0. The smallest absolute Gasteiger partial charge is 0.231 e. The minimum atomic E-state index is -1.45. The Morgan fingerprint density at radius 1 is 1.12 bits per heavy atom. The maximum atomic E-state index is 12.8. The summed E-state index contributed by atoms with van der Waals surface area (Å²) >= 11 is 0. The zero-order chi connectivity index (χ0) is 18.5. The normalized spacial score (nSPS) is 13.2. The molecule has 0 bridgehead atoms. The molecule has 2 heterocycles. The molecule has 2 atom stereocenters. The Bertz CT molecular complexity index is 868. The number of carbonyl (C=O) groups is 2. The summed E-state index contributed by atoms with van der Waals surface area (Å²) in [5.41, 5.74) is 0.257. The topological polar surface area (TPSA) is 81.7 Å². The van der Waals surface area contributed by atoms with Crippen LogP contribution in [-0.4, -0.2) is 34.6 Å². The SMILES string of the molecule is COc1ccccc1C(=O)[C@H](O)[C@@H](CC(=O)n1cccc1)c1ccco1. The van der Waals surface area contributed by atoms with Crippen LogP contribution >= 0.6 is 0 Å². The van der Waals surface area contributed by atoms with Crippen molar-refractivity contribution < 1.29 is 23.8 Å². The largest absolute Gasteiger partial charge is 0.496 e. The maximum absolute atomic E-state index is 12.8. The molecular formula is C20H19NO5. The minimum Gasteiger partial charge on any atom is -0.496 e. The molecule has 6 heteroatoms. The number of aliphatic hydroxyl groups is 1. The van der Waals surface area contributed by atoms with Crippen LogP contribution in [-0.2, 0) is 0 Å². The van der Waals surface area contributed by atoms with E-state index in [9.17, 15) is 14.7 Å². The first-order valence-electron chi connectivity index (χ1n) is 8.16. The summed E-state index contributed by atoms with van der Waals surface area (Å²) in [7, 11) is 1.46. The van der Waals surface area contributed by atoms with Gasteiger partial charge in [-0.1, -0.05) is 12.1 Å². The highest BCUT2D eigenvalue weighted by atomic mass is 16.5. The van der Waals surface area contributed by atoms with Crippen molar-refractivity contribution in [3.05, 3.63) is 78.5 Å². The van der Waals surface area contributed by atoms with Crippen molar-refractivity contribution in [3.8, 4) is 5.75 Å². The van der Waals surface area contributed by atoms with Crippen LogP contribution in [0, 0.1) is 0 Å². The lowest BCUT2D eigenvalue weighted by Crippen LogP contribution is -2.31. The molecule has 1 aromatic carbocycles. The second-order valence-corrected chi connectivity index (χ2v) is 5.82. The van der Waals surface area contributed by atoms with Crippen LogP contribution in [0.2, 0.25) is 0 Å². The molecule has 0 aliphatic heterocycles. The van der Waals surface area contributed by atoms with Crippen molar-refractivity contribution in [2.45, 2.75) is 18.4 Å². The van der Waals surface area contributed by atoms with E-state index >= 15 is 0 Å². The number of furan rings is 1. The van der Waals surface area contributed by atoms with E-state index in [0.29, 0.717) is 11.5 Å². The molecule has 1 N–H and O–H groups in total. The number of aliphatic hydroxyl groups excluding tert-OH is 1. The Kier molecular flexibility index (Phi) is 5.34. The molecule has 0 aliphatic rings. The van der Waals surface area contributed by atoms with E-state index in [1.54, 1.807) is 60.9 Å². The molecule has 0 saturated carbocycles. The van der Waals surface area contributed by atoms with Crippen molar-refractivity contribution in [2.24, 2.45) is 0 Å². The van der Waals surface area contributed by atoms with Gasteiger partial charge in [-0.3, -0.25) is 14.2 Å². The molecule has 6 nitrogen and oxygen atoms in total. The molecule has 26 heavy (non-hydrogen) atoms. The Labute approximate surface area is 150 Å². The first kappa shape index (κ1) is 17.7.